The number of nitrogens with one attached hydrogen (secondary N) is 1. The molecule has 1 aliphatic carbocycles. The summed E-state index contributed by atoms with van der Waals surface area (Å²) in [6.45, 7) is 16.8. The number of benzene rings is 1. The molecule has 2 aliphatic rings. The summed E-state index contributed by atoms with van der Waals surface area (Å²) >= 11 is 0. The van der Waals surface area contributed by atoms with Gasteiger partial charge in [-0.2, -0.15) is 0 Å². The molecule has 4 heteroatoms. The number of hydrogen-bond donors (Lipinski definition) is 1. The fourth-order valence-electron chi connectivity index (χ4n) is 4.69. The van der Waals surface area contributed by atoms with Gasteiger partial charge in [0, 0.05) is 1.43 Å². The molecular weight excluding hydrogens is 374 g/mol. The van der Waals surface area contributed by atoms with Gasteiger partial charge in [0.2, 0.25) is 0 Å². The van der Waals surface area contributed by atoms with Crippen LogP contribution in [0.2, 0.25) is 0 Å². The number of hydrogen-bond acceptors (Lipinski definition) is 3. The number of fused-ring (bicyclic) bond motifs is 1. The molecule has 3 rings (SSSR count). The first kappa shape index (κ1) is 24.5. The van der Waals surface area contributed by atoms with E-state index in [1.807, 2.05) is 45.0 Å². The Morgan fingerprint density at radius 3 is 2.67 bits per heavy atom. The highest BCUT2D eigenvalue weighted by Gasteiger charge is 2.55. The lowest BCUT2D eigenvalue weighted by atomic mass is 9.82. The van der Waals surface area contributed by atoms with E-state index < -0.39 is 11.6 Å². The number of methoxy groups -OCH3 is 1. The highest BCUT2D eigenvalue weighted by molar-refractivity contribution is 5.69. The predicted molar refractivity (Wildman–Crippen MR) is 126 cm³/mol. The van der Waals surface area contributed by atoms with Crippen molar-refractivity contribution in [3.63, 3.8) is 0 Å². The molecule has 1 saturated carbocycles. The third kappa shape index (κ3) is 6.34. The monoisotopic (exact) mass is 417 g/mol. The summed E-state index contributed by atoms with van der Waals surface area (Å²) in [5.41, 5.74) is 2.62. The zero-order valence-corrected chi connectivity index (χ0v) is 20.0. The predicted octanol–water partition coefficient (Wildman–Crippen LogP) is 6.79. The second kappa shape index (κ2) is 10.5. The Bertz CT molecular complexity index is 731. The number of unbranched alkanes of at least 4 members (excludes halogenated alkanes) is 1. The number of carbonyl (C=O) groups excluding carboxylic acids is 1. The first-order valence-corrected chi connectivity index (χ1v) is 11.4. The lowest BCUT2D eigenvalue weighted by Crippen LogP contribution is -2.40. The first-order valence-electron chi connectivity index (χ1n) is 11.4. The van der Waals surface area contributed by atoms with Crippen molar-refractivity contribution < 1.29 is 15.7 Å². The second-order valence-corrected chi connectivity index (χ2v) is 9.65. The summed E-state index contributed by atoms with van der Waals surface area (Å²) in [4.78, 5) is 11.3. The molecule has 1 saturated heterocycles. The van der Waals surface area contributed by atoms with E-state index in [2.05, 4.69) is 37.4 Å². The van der Waals surface area contributed by atoms with Gasteiger partial charge >= 0.3 is 6.09 Å². The number of ether oxygens (including phenoxy) is 2. The molecule has 5 unspecified atom stereocenters. The lowest BCUT2D eigenvalue weighted by Gasteiger charge is -2.26. The highest BCUT2D eigenvalue weighted by atomic mass is 16.6. The van der Waals surface area contributed by atoms with Crippen LogP contribution in [-0.4, -0.2) is 25.4 Å². The van der Waals surface area contributed by atoms with Crippen LogP contribution < -0.4 is 5.32 Å². The molecule has 1 N–H and O–H groups in total. The molecule has 1 aliphatic heterocycles. The summed E-state index contributed by atoms with van der Waals surface area (Å²) in [6.07, 6.45) is 6.33. The van der Waals surface area contributed by atoms with Crippen molar-refractivity contribution >= 4 is 11.7 Å². The van der Waals surface area contributed by atoms with Crippen LogP contribution in [0.1, 0.15) is 79.8 Å². The molecule has 0 bridgehead atoms. The van der Waals surface area contributed by atoms with Gasteiger partial charge in [-0.1, -0.05) is 70.4 Å². The van der Waals surface area contributed by atoms with Crippen molar-refractivity contribution in [3.05, 3.63) is 42.0 Å². The molecule has 1 heterocycles. The van der Waals surface area contributed by atoms with Crippen LogP contribution >= 0.6 is 0 Å². The Kier molecular flexibility index (Phi) is 8.54. The maximum atomic E-state index is 11.3. The van der Waals surface area contributed by atoms with E-state index in [9.17, 15) is 4.79 Å². The Morgan fingerprint density at radius 1 is 1.43 bits per heavy atom. The Labute approximate surface area is 184 Å². The van der Waals surface area contributed by atoms with Gasteiger partial charge in [0.15, 0.2) is 0 Å². The normalized spacial score (nSPS) is 25.4. The van der Waals surface area contributed by atoms with Gasteiger partial charge in [-0.05, 0) is 62.1 Å². The second-order valence-electron chi connectivity index (χ2n) is 9.65. The van der Waals surface area contributed by atoms with Crippen molar-refractivity contribution in [2.45, 2.75) is 85.0 Å². The number of alkyl carbamates (subject to hydrolysis) is 1. The van der Waals surface area contributed by atoms with Gasteiger partial charge in [-0.3, -0.25) is 0 Å². The lowest BCUT2D eigenvalue weighted by molar-refractivity contribution is 0.158. The molecule has 0 spiro atoms. The Hall–Kier alpha value is -1.81. The van der Waals surface area contributed by atoms with Gasteiger partial charge in [0.05, 0.1) is 24.9 Å². The molecule has 0 aromatic heterocycles. The minimum atomic E-state index is -0.474. The molecule has 0 radical (unpaired) electrons. The molecule has 5 atom stereocenters. The third-order valence-corrected chi connectivity index (χ3v) is 6.61. The maximum Gasteiger partial charge on any atom is 0.407 e. The summed E-state index contributed by atoms with van der Waals surface area (Å²) < 4.78 is 10.3. The van der Waals surface area contributed by atoms with Crippen molar-refractivity contribution in [1.29, 1.82) is 0 Å². The van der Waals surface area contributed by atoms with Crippen molar-refractivity contribution in [1.82, 2.24) is 5.32 Å². The minimum absolute atomic E-state index is 0. The van der Waals surface area contributed by atoms with E-state index in [-0.39, 0.29) is 1.43 Å². The van der Waals surface area contributed by atoms with Gasteiger partial charge in [-0.25, -0.2) is 4.79 Å². The van der Waals surface area contributed by atoms with Gasteiger partial charge < -0.3 is 14.8 Å². The molecule has 4 nitrogen and oxygen atoms in total. The summed E-state index contributed by atoms with van der Waals surface area (Å²) in [6, 6.07) is 7.96. The minimum Gasteiger partial charge on any atom is -0.453 e. The van der Waals surface area contributed by atoms with Crippen LogP contribution in [0.3, 0.4) is 0 Å². The fourth-order valence-corrected chi connectivity index (χ4v) is 4.69. The molecule has 30 heavy (non-hydrogen) atoms. The quantitative estimate of drug-likeness (QED) is 0.497. The Morgan fingerprint density at radius 2 is 2.13 bits per heavy atom. The molecule has 1 amide bonds. The van der Waals surface area contributed by atoms with Crippen LogP contribution in [0, 0.1) is 17.8 Å². The highest BCUT2D eigenvalue weighted by Crippen LogP contribution is 2.50. The Balaban J connectivity index is 0.000000309. The van der Waals surface area contributed by atoms with Gasteiger partial charge in [0.25, 0.3) is 0 Å². The number of amides is 1. The molecule has 2 fully saturated rings. The summed E-state index contributed by atoms with van der Waals surface area (Å²) in [5.74, 6) is 2.67. The zero-order valence-electron chi connectivity index (χ0n) is 20.0. The average Bonchev–Trinajstić information content (AvgIpc) is 3.36. The summed E-state index contributed by atoms with van der Waals surface area (Å²) in [7, 11) is 1.36. The summed E-state index contributed by atoms with van der Waals surface area (Å²) in [5, 5.41) is 2.80. The van der Waals surface area contributed by atoms with Crippen LogP contribution in [-0.2, 0) is 15.0 Å². The van der Waals surface area contributed by atoms with Crippen LogP contribution in [0.15, 0.2) is 30.8 Å². The first-order chi connectivity index (χ1) is 14.1. The SMILES string of the molecule is C=C(C)c1cccc(C(C)(C)NC(=O)OC)c1.CCCCC(C)C1C(C)CC2OC21.[HH]. The topological polar surface area (TPSA) is 50.9 Å². The largest absolute Gasteiger partial charge is 0.453 e. The van der Waals surface area contributed by atoms with Gasteiger partial charge in [0.1, 0.15) is 0 Å². The smallest absolute Gasteiger partial charge is 0.407 e. The van der Waals surface area contributed by atoms with Crippen molar-refractivity contribution in [3.8, 4) is 0 Å². The van der Waals surface area contributed by atoms with E-state index in [1.165, 1.54) is 32.8 Å². The van der Waals surface area contributed by atoms with Crippen LogP contribution in [0.4, 0.5) is 4.79 Å². The number of allylic oxidation sites excluding steroid dienone is 1. The molecular formula is C26H43NO3. The van der Waals surface area contributed by atoms with Gasteiger partial charge in [-0.15, -0.1) is 0 Å². The van der Waals surface area contributed by atoms with E-state index in [4.69, 9.17) is 4.74 Å². The van der Waals surface area contributed by atoms with Crippen LogP contribution in [0.5, 0.6) is 0 Å². The average molecular weight is 418 g/mol. The standard InChI is InChI=1S/C14H19NO2.C12H22O.H2/c1-10(2)11-7-6-8-12(9-11)14(3,4)15-13(16)17-5;1-4-5-6-8(2)11-9(3)7-10-12(11)13-10;/h6-9H,1H2,2-5H3,(H,15,16);8-12H,4-7H2,1-3H3;1H. The van der Waals surface area contributed by atoms with E-state index in [0.29, 0.717) is 12.2 Å². The molecule has 170 valence electrons. The number of carbonyl (C=O) groups is 1. The molecule has 1 aromatic rings. The third-order valence-electron chi connectivity index (χ3n) is 6.61. The van der Waals surface area contributed by atoms with E-state index >= 15 is 0 Å². The number of rotatable bonds is 7. The maximum absolute atomic E-state index is 11.3. The molecule has 1 aromatic carbocycles. The van der Waals surface area contributed by atoms with E-state index in [0.717, 1.165) is 34.5 Å². The van der Waals surface area contributed by atoms with Crippen LogP contribution in [0.25, 0.3) is 5.57 Å². The number of epoxide rings is 1. The van der Waals surface area contributed by atoms with Crippen molar-refractivity contribution in [2.24, 2.45) is 17.8 Å². The fraction of sp³-hybridized carbons (Fsp3) is 0.654. The van der Waals surface area contributed by atoms with Crippen molar-refractivity contribution in [2.75, 3.05) is 7.11 Å². The zero-order chi connectivity index (χ0) is 22.5. The van der Waals surface area contributed by atoms with E-state index in [1.54, 1.807) is 0 Å².